The Morgan fingerprint density at radius 2 is 2.00 bits per heavy atom. The van der Waals surface area contributed by atoms with Crippen molar-refractivity contribution in [3.8, 4) is 0 Å². The Morgan fingerprint density at radius 3 is 2.36 bits per heavy atom. The predicted octanol–water partition coefficient (Wildman–Crippen LogP) is 0.0871. The van der Waals surface area contributed by atoms with Gasteiger partial charge in [0.25, 0.3) is 10.1 Å². The van der Waals surface area contributed by atoms with Crippen molar-refractivity contribution in [1.29, 1.82) is 0 Å². The van der Waals surface area contributed by atoms with Gasteiger partial charge in [-0.1, -0.05) is 0 Å². The Morgan fingerprint density at radius 1 is 1.43 bits per heavy atom. The van der Waals surface area contributed by atoms with Gasteiger partial charge in [0.2, 0.25) is 0 Å². The van der Waals surface area contributed by atoms with Crippen LogP contribution < -0.4 is 0 Å². The second-order valence-electron chi connectivity index (χ2n) is 3.82. The van der Waals surface area contributed by atoms with Crippen LogP contribution in [0.3, 0.4) is 0 Å². The lowest BCUT2D eigenvalue weighted by Gasteiger charge is -2.29. The van der Waals surface area contributed by atoms with E-state index in [9.17, 15) is 8.42 Å². The van der Waals surface area contributed by atoms with Crippen LogP contribution in [0.25, 0.3) is 0 Å². The van der Waals surface area contributed by atoms with E-state index in [2.05, 4.69) is 13.8 Å². The van der Waals surface area contributed by atoms with Crippen LogP contribution in [0.15, 0.2) is 0 Å². The zero-order valence-electron chi connectivity index (χ0n) is 8.64. The van der Waals surface area contributed by atoms with Gasteiger partial charge in [-0.15, -0.1) is 0 Å². The van der Waals surface area contributed by atoms with Crippen LogP contribution in [-0.4, -0.2) is 55.7 Å². The molecule has 0 saturated carbocycles. The molecule has 1 aliphatic heterocycles. The molecule has 6 heteroatoms. The van der Waals surface area contributed by atoms with Crippen LogP contribution in [0, 0.1) is 0 Å². The van der Waals surface area contributed by atoms with Gasteiger partial charge >= 0.3 is 0 Å². The molecule has 0 spiro atoms. The van der Waals surface area contributed by atoms with Crippen LogP contribution in [0.4, 0.5) is 0 Å². The van der Waals surface area contributed by atoms with Gasteiger partial charge in [0, 0.05) is 0 Å². The summed E-state index contributed by atoms with van der Waals surface area (Å²) in [6.45, 7) is 7.20. The van der Waals surface area contributed by atoms with Crippen LogP contribution in [0.5, 0.6) is 0 Å². The quantitative estimate of drug-likeness (QED) is 0.543. The Labute approximate surface area is 85.0 Å². The van der Waals surface area contributed by atoms with Gasteiger partial charge in [0.1, 0.15) is 18.4 Å². The normalized spacial score (nSPS) is 26.6. The minimum absolute atomic E-state index is 0.285. The maximum Gasteiger partial charge on any atom is 0.267 e. The third-order valence-electron chi connectivity index (χ3n) is 2.91. The molecule has 0 aromatic carbocycles. The highest BCUT2D eigenvalue weighted by atomic mass is 32.2. The molecule has 5 nitrogen and oxygen atoms in total. The smallest absolute Gasteiger partial charge is 0.267 e. The molecular formula is C8H18NO4S+. The van der Waals surface area contributed by atoms with E-state index in [0.29, 0.717) is 13.3 Å². The monoisotopic (exact) mass is 224 g/mol. The van der Waals surface area contributed by atoms with Gasteiger partial charge in [-0.3, -0.25) is 9.04 Å². The van der Waals surface area contributed by atoms with Gasteiger partial charge in [-0.25, -0.2) is 0 Å². The van der Waals surface area contributed by atoms with Gasteiger partial charge in [0.15, 0.2) is 6.73 Å². The number of hydrogen-bond acceptors (Lipinski definition) is 3. The standard InChI is InChI=1S/C8H17NO4S/c1-3-9(4-2)5-8(13-7-9)6-14(10,11)12/h8H,3-7H2,1-2H3/p+1. The zero-order valence-corrected chi connectivity index (χ0v) is 9.46. The highest BCUT2D eigenvalue weighted by Crippen LogP contribution is 2.18. The Bertz CT molecular complexity index is 284. The fourth-order valence-electron chi connectivity index (χ4n) is 1.80. The van der Waals surface area contributed by atoms with E-state index in [1.165, 1.54) is 0 Å². The molecule has 0 aromatic heterocycles. The summed E-state index contributed by atoms with van der Waals surface area (Å²) in [6, 6.07) is 0. The molecule has 1 aliphatic rings. The molecule has 1 fully saturated rings. The number of likely N-dealkylation sites (N-methyl/N-ethyl adjacent to an activating group) is 1. The van der Waals surface area contributed by atoms with Crippen LogP contribution in [-0.2, 0) is 14.9 Å². The first-order chi connectivity index (χ1) is 6.41. The molecule has 1 N–H and O–H groups in total. The fourth-order valence-corrected chi connectivity index (χ4v) is 2.47. The van der Waals surface area contributed by atoms with Crippen molar-refractivity contribution in [2.45, 2.75) is 20.0 Å². The summed E-state index contributed by atoms with van der Waals surface area (Å²) >= 11 is 0. The summed E-state index contributed by atoms with van der Waals surface area (Å²) in [6.07, 6.45) is -0.357. The van der Waals surface area contributed by atoms with E-state index in [1.54, 1.807) is 0 Å². The summed E-state index contributed by atoms with van der Waals surface area (Å²) < 4.78 is 36.1. The average molecular weight is 224 g/mol. The van der Waals surface area contributed by atoms with Gasteiger partial charge < -0.3 is 4.74 Å². The van der Waals surface area contributed by atoms with Crippen molar-refractivity contribution in [2.24, 2.45) is 0 Å². The SMILES string of the molecule is CC[N+]1(CC)COC(CS(=O)(=O)O)C1. The molecule has 0 aliphatic carbocycles. The minimum Gasteiger partial charge on any atom is -0.321 e. The molecule has 0 bridgehead atoms. The first kappa shape index (κ1) is 11.9. The Kier molecular flexibility index (Phi) is 3.52. The molecule has 1 unspecified atom stereocenters. The number of quaternary nitrogens is 1. The maximum absolute atomic E-state index is 10.6. The van der Waals surface area contributed by atoms with E-state index in [4.69, 9.17) is 9.29 Å². The summed E-state index contributed by atoms with van der Waals surface area (Å²) in [5, 5.41) is 0. The summed E-state index contributed by atoms with van der Waals surface area (Å²) in [5.74, 6) is -0.285. The van der Waals surface area contributed by atoms with Crippen molar-refractivity contribution in [3.05, 3.63) is 0 Å². The molecule has 1 atom stereocenters. The first-order valence-corrected chi connectivity index (χ1v) is 6.43. The highest BCUT2D eigenvalue weighted by Gasteiger charge is 2.38. The van der Waals surface area contributed by atoms with Crippen LogP contribution in [0.1, 0.15) is 13.8 Å². The summed E-state index contributed by atoms with van der Waals surface area (Å²) in [4.78, 5) is 0. The molecule has 84 valence electrons. The Hall–Kier alpha value is -0.170. The van der Waals surface area contributed by atoms with E-state index in [-0.39, 0.29) is 11.9 Å². The lowest BCUT2D eigenvalue weighted by atomic mass is 10.3. The van der Waals surface area contributed by atoms with Gasteiger partial charge in [-0.05, 0) is 13.8 Å². The summed E-state index contributed by atoms with van der Waals surface area (Å²) in [5.41, 5.74) is 0. The lowest BCUT2D eigenvalue weighted by Crippen LogP contribution is -2.46. The maximum atomic E-state index is 10.6. The first-order valence-electron chi connectivity index (χ1n) is 4.82. The number of ether oxygens (including phenoxy) is 1. The molecule has 0 aromatic rings. The third kappa shape index (κ3) is 2.91. The second-order valence-corrected chi connectivity index (χ2v) is 5.32. The molecule has 0 radical (unpaired) electrons. The minimum atomic E-state index is -3.91. The summed E-state index contributed by atoms with van der Waals surface area (Å²) in [7, 11) is -3.91. The van der Waals surface area contributed by atoms with Crippen LogP contribution in [0.2, 0.25) is 0 Å². The highest BCUT2D eigenvalue weighted by molar-refractivity contribution is 7.85. The van der Waals surface area contributed by atoms with Gasteiger partial charge in [0.05, 0.1) is 13.1 Å². The van der Waals surface area contributed by atoms with E-state index in [1.807, 2.05) is 0 Å². The second kappa shape index (κ2) is 4.14. The topological polar surface area (TPSA) is 63.6 Å². The van der Waals surface area contributed by atoms with Gasteiger partial charge in [-0.2, -0.15) is 8.42 Å². The Balaban J connectivity index is 2.57. The van der Waals surface area contributed by atoms with Crippen molar-refractivity contribution >= 4 is 10.1 Å². The van der Waals surface area contributed by atoms with E-state index in [0.717, 1.165) is 17.6 Å². The zero-order chi connectivity index (χ0) is 10.8. The molecule has 1 heterocycles. The number of hydrogen-bond donors (Lipinski definition) is 1. The average Bonchev–Trinajstić information content (AvgIpc) is 2.46. The van der Waals surface area contributed by atoms with Crippen molar-refractivity contribution in [2.75, 3.05) is 32.1 Å². The fraction of sp³-hybridized carbons (Fsp3) is 1.00. The predicted molar refractivity (Wildman–Crippen MR) is 52.4 cm³/mol. The van der Waals surface area contributed by atoms with Crippen LogP contribution >= 0.6 is 0 Å². The molecule has 1 rings (SSSR count). The molecular weight excluding hydrogens is 206 g/mol. The largest absolute Gasteiger partial charge is 0.321 e. The van der Waals surface area contributed by atoms with Crippen molar-refractivity contribution in [3.63, 3.8) is 0 Å². The van der Waals surface area contributed by atoms with E-state index >= 15 is 0 Å². The number of rotatable bonds is 4. The van der Waals surface area contributed by atoms with E-state index < -0.39 is 10.1 Å². The molecule has 1 saturated heterocycles. The lowest BCUT2D eigenvalue weighted by molar-refractivity contribution is -0.922. The van der Waals surface area contributed by atoms with Crippen molar-refractivity contribution < 1.29 is 22.2 Å². The van der Waals surface area contributed by atoms with Crippen molar-refractivity contribution in [1.82, 2.24) is 0 Å². The molecule has 0 amide bonds. The number of nitrogens with zero attached hydrogens (tertiary/aromatic N) is 1. The molecule has 14 heavy (non-hydrogen) atoms. The third-order valence-corrected chi connectivity index (χ3v) is 3.71.